The van der Waals surface area contributed by atoms with Crippen molar-refractivity contribution < 1.29 is 14.5 Å². The fourth-order valence-electron chi connectivity index (χ4n) is 2.28. The molecule has 0 bridgehead atoms. The number of nitrogens with one attached hydrogen (secondary N) is 2. The van der Waals surface area contributed by atoms with Gasteiger partial charge in [-0.25, -0.2) is 0 Å². The Hall–Kier alpha value is -3.22. The molecule has 0 saturated heterocycles. The Morgan fingerprint density at radius 1 is 1.12 bits per heavy atom. The molecule has 0 radical (unpaired) electrons. The van der Waals surface area contributed by atoms with Crippen LogP contribution >= 0.6 is 0 Å². The van der Waals surface area contributed by atoms with Crippen molar-refractivity contribution in [1.29, 1.82) is 0 Å². The lowest BCUT2D eigenvalue weighted by atomic mass is 10.0. The SMILES string of the molecule is CC(=O)N[C@H](CC(=O)Nc1cccc([N+](=O)[O-])c1)c1ccccc1. The quantitative estimate of drug-likeness (QED) is 0.629. The van der Waals surface area contributed by atoms with Crippen LogP contribution in [-0.2, 0) is 9.59 Å². The molecule has 2 aromatic carbocycles. The van der Waals surface area contributed by atoms with Crippen LogP contribution in [0, 0.1) is 10.1 Å². The highest BCUT2D eigenvalue weighted by atomic mass is 16.6. The lowest BCUT2D eigenvalue weighted by Gasteiger charge is -2.18. The summed E-state index contributed by atoms with van der Waals surface area (Å²) >= 11 is 0. The number of hydrogen-bond donors (Lipinski definition) is 2. The number of anilines is 1. The Balaban J connectivity index is 2.09. The molecule has 0 aliphatic rings. The van der Waals surface area contributed by atoms with E-state index in [0.29, 0.717) is 5.69 Å². The molecule has 7 heteroatoms. The molecule has 0 unspecified atom stereocenters. The van der Waals surface area contributed by atoms with Gasteiger partial charge in [0.1, 0.15) is 0 Å². The lowest BCUT2D eigenvalue weighted by Crippen LogP contribution is -2.29. The second-order valence-corrected chi connectivity index (χ2v) is 5.22. The van der Waals surface area contributed by atoms with E-state index < -0.39 is 11.0 Å². The summed E-state index contributed by atoms with van der Waals surface area (Å²) in [6.45, 7) is 1.38. The summed E-state index contributed by atoms with van der Waals surface area (Å²) in [6, 6.07) is 14.4. The van der Waals surface area contributed by atoms with Gasteiger partial charge in [0.05, 0.1) is 17.4 Å². The van der Waals surface area contributed by atoms with Gasteiger partial charge in [0, 0.05) is 24.7 Å². The number of carbonyl (C=O) groups excluding carboxylic acids is 2. The van der Waals surface area contributed by atoms with Gasteiger partial charge in [-0.2, -0.15) is 0 Å². The normalized spacial score (nSPS) is 11.4. The van der Waals surface area contributed by atoms with Crippen LogP contribution in [0.5, 0.6) is 0 Å². The number of amides is 2. The molecule has 2 rings (SSSR count). The summed E-state index contributed by atoms with van der Waals surface area (Å²) in [5.74, 6) is -0.592. The average Bonchev–Trinajstić information content (AvgIpc) is 2.55. The van der Waals surface area contributed by atoms with Crippen LogP contribution in [0.2, 0.25) is 0 Å². The first-order valence-corrected chi connectivity index (χ1v) is 7.32. The van der Waals surface area contributed by atoms with Gasteiger partial charge < -0.3 is 10.6 Å². The summed E-state index contributed by atoms with van der Waals surface area (Å²) in [7, 11) is 0. The average molecular weight is 327 g/mol. The molecule has 0 saturated carbocycles. The molecule has 2 N–H and O–H groups in total. The zero-order valence-electron chi connectivity index (χ0n) is 13.1. The highest BCUT2D eigenvalue weighted by molar-refractivity contribution is 5.91. The lowest BCUT2D eigenvalue weighted by molar-refractivity contribution is -0.384. The molecule has 2 aromatic rings. The first-order chi connectivity index (χ1) is 11.5. The number of rotatable bonds is 6. The second-order valence-electron chi connectivity index (χ2n) is 5.22. The Bertz CT molecular complexity index is 747. The fraction of sp³-hybridized carbons (Fsp3) is 0.176. The van der Waals surface area contributed by atoms with Gasteiger partial charge in [0.25, 0.3) is 5.69 Å². The summed E-state index contributed by atoms with van der Waals surface area (Å²) < 4.78 is 0. The summed E-state index contributed by atoms with van der Waals surface area (Å²) in [6.07, 6.45) is 0.0201. The zero-order chi connectivity index (χ0) is 17.5. The minimum absolute atomic E-state index is 0.0201. The van der Waals surface area contributed by atoms with Crippen LogP contribution in [0.1, 0.15) is 24.9 Å². The summed E-state index contributed by atoms with van der Waals surface area (Å²) in [4.78, 5) is 33.8. The van der Waals surface area contributed by atoms with E-state index in [9.17, 15) is 19.7 Å². The standard InChI is InChI=1S/C17H17N3O4/c1-12(21)18-16(13-6-3-2-4-7-13)11-17(22)19-14-8-5-9-15(10-14)20(23)24/h2-10,16H,11H2,1H3,(H,18,21)(H,19,22)/t16-/m1/s1. The zero-order valence-corrected chi connectivity index (χ0v) is 13.1. The first kappa shape index (κ1) is 17.1. The van der Waals surface area contributed by atoms with Gasteiger partial charge >= 0.3 is 0 Å². The third-order valence-electron chi connectivity index (χ3n) is 3.31. The van der Waals surface area contributed by atoms with Crippen molar-refractivity contribution >= 4 is 23.2 Å². The van der Waals surface area contributed by atoms with E-state index in [-0.39, 0.29) is 23.9 Å². The summed E-state index contributed by atoms with van der Waals surface area (Å²) in [5.41, 5.74) is 1.04. The van der Waals surface area contributed by atoms with E-state index in [2.05, 4.69) is 10.6 Å². The van der Waals surface area contributed by atoms with Crippen LogP contribution < -0.4 is 10.6 Å². The van der Waals surface area contributed by atoms with Crippen molar-refractivity contribution in [3.63, 3.8) is 0 Å². The van der Waals surface area contributed by atoms with Crippen molar-refractivity contribution in [2.24, 2.45) is 0 Å². The third kappa shape index (κ3) is 4.91. The number of carbonyl (C=O) groups is 2. The Kier molecular flexibility index (Phi) is 5.62. The maximum Gasteiger partial charge on any atom is 0.271 e. The van der Waals surface area contributed by atoms with Crippen LogP contribution in [0.15, 0.2) is 54.6 Å². The van der Waals surface area contributed by atoms with Gasteiger partial charge in [-0.15, -0.1) is 0 Å². The Labute approximate surface area is 138 Å². The molecule has 1 atom stereocenters. The Morgan fingerprint density at radius 3 is 2.46 bits per heavy atom. The molecule has 24 heavy (non-hydrogen) atoms. The predicted octanol–water partition coefficient (Wildman–Crippen LogP) is 2.80. The van der Waals surface area contributed by atoms with E-state index in [4.69, 9.17) is 0 Å². The Morgan fingerprint density at radius 2 is 1.83 bits per heavy atom. The minimum atomic E-state index is -0.528. The molecule has 0 aliphatic carbocycles. The highest BCUT2D eigenvalue weighted by Crippen LogP contribution is 2.20. The van der Waals surface area contributed by atoms with Crippen molar-refractivity contribution in [2.75, 3.05) is 5.32 Å². The molecule has 0 fully saturated rings. The van der Waals surface area contributed by atoms with E-state index in [1.54, 1.807) is 6.07 Å². The number of benzene rings is 2. The third-order valence-corrected chi connectivity index (χ3v) is 3.31. The number of nitrogens with zero attached hydrogens (tertiary/aromatic N) is 1. The second kappa shape index (κ2) is 7.87. The number of nitro groups is 1. The summed E-state index contributed by atoms with van der Waals surface area (Å²) in [5, 5.41) is 16.1. The maximum atomic E-state index is 12.2. The number of non-ortho nitro benzene ring substituents is 1. The topological polar surface area (TPSA) is 101 Å². The van der Waals surface area contributed by atoms with Crippen LogP contribution in [0.4, 0.5) is 11.4 Å². The van der Waals surface area contributed by atoms with Crippen molar-refractivity contribution in [1.82, 2.24) is 5.32 Å². The maximum absolute atomic E-state index is 12.2. The molecule has 124 valence electrons. The van der Waals surface area contributed by atoms with Crippen LogP contribution in [-0.4, -0.2) is 16.7 Å². The molecule has 0 spiro atoms. The van der Waals surface area contributed by atoms with Gasteiger partial charge in [-0.3, -0.25) is 19.7 Å². The first-order valence-electron chi connectivity index (χ1n) is 7.32. The predicted molar refractivity (Wildman–Crippen MR) is 89.3 cm³/mol. The molecule has 2 amide bonds. The fourth-order valence-corrected chi connectivity index (χ4v) is 2.28. The van der Waals surface area contributed by atoms with E-state index in [1.807, 2.05) is 30.3 Å². The minimum Gasteiger partial charge on any atom is -0.349 e. The van der Waals surface area contributed by atoms with Crippen molar-refractivity contribution in [2.45, 2.75) is 19.4 Å². The number of hydrogen-bond acceptors (Lipinski definition) is 4. The molecule has 7 nitrogen and oxygen atoms in total. The van der Waals surface area contributed by atoms with Crippen molar-refractivity contribution in [3.05, 3.63) is 70.3 Å². The molecule has 0 heterocycles. The molecule has 0 aromatic heterocycles. The largest absolute Gasteiger partial charge is 0.349 e. The van der Waals surface area contributed by atoms with Gasteiger partial charge in [-0.05, 0) is 11.6 Å². The van der Waals surface area contributed by atoms with Gasteiger partial charge in [-0.1, -0.05) is 36.4 Å². The highest BCUT2D eigenvalue weighted by Gasteiger charge is 2.17. The molecule has 0 aliphatic heterocycles. The van der Waals surface area contributed by atoms with Crippen LogP contribution in [0.25, 0.3) is 0 Å². The molecular formula is C17H17N3O4. The number of nitro benzene ring substituents is 1. The van der Waals surface area contributed by atoms with Gasteiger partial charge in [0.2, 0.25) is 11.8 Å². The van der Waals surface area contributed by atoms with E-state index in [1.165, 1.54) is 25.1 Å². The monoisotopic (exact) mass is 327 g/mol. The van der Waals surface area contributed by atoms with Crippen LogP contribution in [0.3, 0.4) is 0 Å². The molecular weight excluding hydrogens is 310 g/mol. The van der Waals surface area contributed by atoms with E-state index in [0.717, 1.165) is 5.56 Å². The van der Waals surface area contributed by atoms with Crippen molar-refractivity contribution in [3.8, 4) is 0 Å². The van der Waals surface area contributed by atoms with Gasteiger partial charge in [0.15, 0.2) is 0 Å². The smallest absolute Gasteiger partial charge is 0.271 e. The van der Waals surface area contributed by atoms with E-state index >= 15 is 0 Å².